The van der Waals surface area contributed by atoms with E-state index in [1.807, 2.05) is 48.5 Å². The maximum absolute atomic E-state index is 13.4. The minimum atomic E-state index is -0.529. The van der Waals surface area contributed by atoms with Crippen LogP contribution >= 0.6 is 0 Å². The lowest BCUT2D eigenvalue weighted by Crippen LogP contribution is -2.14. The van der Waals surface area contributed by atoms with Gasteiger partial charge in [0.1, 0.15) is 18.2 Å². The third kappa shape index (κ3) is 4.67. The third-order valence-corrected chi connectivity index (χ3v) is 4.44. The minimum Gasteiger partial charge on any atom is -0.488 e. The molecule has 1 amide bonds. The number of halogens is 1. The predicted octanol–water partition coefficient (Wildman–Crippen LogP) is 5.11. The standard InChI is InChI=1S/C24H18FN3O2/c25-20-13-21(15-27-14-20)28-24(29)22-12-19(18-8-10-26-11-9-18)6-7-23(22)30-16-17-4-2-1-3-5-17/h1-15H,16H2,(H,28,29). The van der Waals surface area contributed by atoms with Gasteiger partial charge in [0.05, 0.1) is 23.6 Å². The quantitative estimate of drug-likeness (QED) is 0.489. The zero-order valence-electron chi connectivity index (χ0n) is 16.0. The Morgan fingerprint density at radius 1 is 0.900 bits per heavy atom. The van der Waals surface area contributed by atoms with E-state index >= 15 is 0 Å². The van der Waals surface area contributed by atoms with Crippen LogP contribution in [0, 0.1) is 5.82 Å². The summed E-state index contributed by atoms with van der Waals surface area (Å²) in [5.41, 5.74) is 3.34. The molecule has 0 fully saturated rings. The zero-order chi connectivity index (χ0) is 20.8. The monoisotopic (exact) mass is 399 g/mol. The largest absolute Gasteiger partial charge is 0.488 e. The van der Waals surface area contributed by atoms with Crippen LogP contribution in [0.5, 0.6) is 5.75 Å². The van der Waals surface area contributed by atoms with Crippen LogP contribution in [0.3, 0.4) is 0 Å². The summed E-state index contributed by atoms with van der Waals surface area (Å²) in [6, 6.07) is 20.0. The van der Waals surface area contributed by atoms with Gasteiger partial charge in [-0.2, -0.15) is 0 Å². The molecule has 0 atom stereocenters. The zero-order valence-corrected chi connectivity index (χ0v) is 16.0. The van der Waals surface area contributed by atoms with E-state index < -0.39 is 11.7 Å². The number of carbonyl (C=O) groups is 1. The second-order valence-corrected chi connectivity index (χ2v) is 6.57. The molecule has 2 aromatic carbocycles. The number of amides is 1. The molecule has 0 aliphatic rings. The van der Waals surface area contributed by atoms with Crippen LogP contribution in [0.25, 0.3) is 11.1 Å². The number of nitrogens with zero attached hydrogens (tertiary/aromatic N) is 2. The minimum absolute atomic E-state index is 0.267. The molecule has 2 heterocycles. The van der Waals surface area contributed by atoms with Crippen molar-refractivity contribution in [2.45, 2.75) is 6.61 Å². The highest BCUT2D eigenvalue weighted by Crippen LogP contribution is 2.28. The van der Waals surface area contributed by atoms with Gasteiger partial charge in [-0.1, -0.05) is 36.4 Å². The van der Waals surface area contributed by atoms with E-state index in [1.54, 1.807) is 24.5 Å². The van der Waals surface area contributed by atoms with Crippen LogP contribution in [0.4, 0.5) is 10.1 Å². The van der Waals surface area contributed by atoms with E-state index in [1.165, 1.54) is 12.3 Å². The molecular weight excluding hydrogens is 381 g/mol. The lowest BCUT2D eigenvalue weighted by Gasteiger charge is -2.14. The summed E-state index contributed by atoms with van der Waals surface area (Å²) in [6.45, 7) is 0.317. The molecule has 30 heavy (non-hydrogen) atoms. The Morgan fingerprint density at radius 3 is 2.47 bits per heavy atom. The number of pyridine rings is 2. The van der Waals surface area contributed by atoms with Gasteiger partial charge >= 0.3 is 0 Å². The van der Waals surface area contributed by atoms with Crippen LogP contribution in [-0.4, -0.2) is 15.9 Å². The van der Waals surface area contributed by atoms with E-state index in [2.05, 4.69) is 15.3 Å². The van der Waals surface area contributed by atoms with Crippen molar-refractivity contribution in [2.24, 2.45) is 0 Å². The third-order valence-electron chi connectivity index (χ3n) is 4.44. The Kier molecular flexibility index (Phi) is 5.75. The van der Waals surface area contributed by atoms with Crippen LogP contribution in [0.15, 0.2) is 91.5 Å². The average molecular weight is 399 g/mol. The fourth-order valence-corrected chi connectivity index (χ4v) is 2.97. The van der Waals surface area contributed by atoms with Crippen molar-refractivity contribution in [1.82, 2.24) is 9.97 Å². The number of ether oxygens (including phenoxy) is 1. The molecule has 0 radical (unpaired) electrons. The lowest BCUT2D eigenvalue weighted by molar-refractivity contribution is 0.102. The fraction of sp³-hybridized carbons (Fsp3) is 0.0417. The highest BCUT2D eigenvalue weighted by molar-refractivity contribution is 6.06. The van der Waals surface area contributed by atoms with Crippen molar-refractivity contribution >= 4 is 11.6 Å². The molecule has 5 nitrogen and oxygen atoms in total. The summed E-state index contributed by atoms with van der Waals surface area (Å²) in [4.78, 5) is 20.8. The second-order valence-electron chi connectivity index (χ2n) is 6.57. The summed E-state index contributed by atoms with van der Waals surface area (Å²) in [5, 5.41) is 2.68. The molecule has 0 spiro atoms. The number of rotatable bonds is 6. The predicted molar refractivity (Wildman–Crippen MR) is 113 cm³/mol. The Morgan fingerprint density at radius 2 is 1.70 bits per heavy atom. The average Bonchev–Trinajstić information content (AvgIpc) is 2.79. The molecular formula is C24H18FN3O2. The maximum atomic E-state index is 13.4. The molecule has 0 saturated heterocycles. The van der Waals surface area contributed by atoms with Crippen molar-refractivity contribution in [3.63, 3.8) is 0 Å². The van der Waals surface area contributed by atoms with Gasteiger partial charge in [0.25, 0.3) is 5.91 Å². The first kappa shape index (κ1) is 19.3. The van der Waals surface area contributed by atoms with Crippen LogP contribution in [0.1, 0.15) is 15.9 Å². The molecule has 0 bridgehead atoms. The molecule has 6 heteroatoms. The first-order chi connectivity index (χ1) is 14.7. The van der Waals surface area contributed by atoms with Crippen molar-refractivity contribution in [2.75, 3.05) is 5.32 Å². The van der Waals surface area contributed by atoms with Crippen molar-refractivity contribution in [1.29, 1.82) is 0 Å². The van der Waals surface area contributed by atoms with E-state index in [4.69, 9.17) is 4.74 Å². The van der Waals surface area contributed by atoms with Crippen molar-refractivity contribution in [3.8, 4) is 16.9 Å². The number of anilines is 1. The SMILES string of the molecule is O=C(Nc1cncc(F)c1)c1cc(-c2ccncc2)ccc1OCc1ccccc1. The van der Waals surface area contributed by atoms with Gasteiger partial charge < -0.3 is 10.1 Å². The van der Waals surface area contributed by atoms with E-state index in [9.17, 15) is 9.18 Å². The Bertz CT molecular complexity index is 1150. The summed E-state index contributed by atoms with van der Waals surface area (Å²) >= 11 is 0. The molecule has 0 aliphatic heterocycles. The van der Waals surface area contributed by atoms with Crippen molar-refractivity contribution in [3.05, 3.63) is 108 Å². The fourth-order valence-electron chi connectivity index (χ4n) is 2.97. The summed E-state index contributed by atoms with van der Waals surface area (Å²) in [7, 11) is 0. The number of hydrogen-bond acceptors (Lipinski definition) is 4. The summed E-state index contributed by atoms with van der Waals surface area (Å²) in [5.74, 6) is -0.515. The first-order valence-electron chi connectivity index (χ1n) is 9.32. The second kappa shape index (κ2) is 8.96. The summed E-state index contributed by atoms with van der Waals surface area (Å²) < 4.78 is 19.4. The highest BCUT2D eigenvalue weighted by Gasteiger charge is 2.15. The number of benzene rings is 2. The summed E-state index contributed by atoms with van der Waals surface area (Å²) in [6.07, 6.45) is 5.84. The van der Waals surface area contributed by atoms with E-state index in [-0.39, 0.29) is 5.69 Å². The molecule has 1 N–H and O–H groups in total. The normalized spacial score (nSPS) is 10.4. The molecule has 0 unspecified atom stereocenters. The lowest BCUT2D eigenvalue weighted by atomic mass is 10.0. The Labute approximate surface area is 173 Å². The smallest absolute Gasteiger partial charge is 0.259 e. The molecule has 2 aromatic heterocycles. The number of hydrogen-bond donors (Lipinski definition) is 1. The molecule has 0 aliphatic carbocycles. The Balaban J connectivity index is 1.65. The maximum Gasteiger partial charge on any atom is 0.259 e. The first-order valence-corrected chi connectivity index (χ1v) is 9.32. The van der Waals surface area contributed by atoms with Gasteiger partial charge in [-0.25, -0.2) is 4.39 Å². The number of nitrogens with one attached hydrogen (secondary N) is 1. The van der Waals surface area contributed by atoms with E-state index in [0.717, 1.165) is 22.9 Å². The van der Waals surface area contributed by atoms with Gasteiger partial charge in [0.2, 0.25) is 0 Å². The molecule has 0 saturated carbocycles. The van der Waals surface area contributed by atoms with Gasteiger partial charge in [-0.15, -0.1) is 0 Å². The molecule has 4 rings (SSSR count). The van der Waals surface area contributed by atoms with E-state index in [0.29, 0.717) is 17.9 Å². The van der Waals surface area contributed by atoms with Gasteiger partial charge in [-0.05, 0) is 41.0 Å². The highest BCUT2D eigenvalue weighted by atomic mass is 19.1. The Hall–Kier alpha value is -4.06. The number of aromatic nitrogens is 2. The topological polar surface area (TPSA) is 64.1 Å². The number of carbonyl (C=O) groups excluding carboxylic acids is 1. The van der Waals surface area contributed by atoms with Crippen LogP contribution < -0.4 is 10.1 Å². The van der Waals surface area contributed by atoms with Gasteiger partial charge in [0.15, 0.2) is 0 Å². The van der Waals surface area contributed by atoms with Gasteiger partial charge in [-0.3, -0.25) is 14.8 Å². The van der Waals surface area contributed by atoms with Crippen LogP contribution in [0.2, 0.25) is 0 Å². The van der Waals surface area contributed by atoms with Gasteiger partial charge in [0, 0.05) is 18.5 Å². The van der Waals surface area contributed by atoms with Crippen molar-refractivity contribution < 1.29 is 13.9 Å². The van der Waals surface area contributed by atoms with Crippen LogP contribution in [-0.2, 0) is 6.61 Å². The molecule has 148 valence electrons. The molecule has 4 aromatic rings.